The Hall–Kier alpha value is -4.62. The maximum Gasteiger partial charge on any atom is 0.264 e. The molecule has 4 aromatic carbocycles. The highest BCUT2D eigenvalue weighted by Crippen LogP contribution is 2.32. The van der Waals surface area contributed by atoms with Gasteiger partial charge in [-0.3, -0.25) is 13.8 Å². The number of aryl methyl sites for hydroxylation is 2. The number of ether oxygens (including phenoxy) is 2. The molecule has 0 bridgehead atoms. The van der Waals surface area contributed by atoms with Gasteiger partial charge in [0.15, 0.2) is 11.5 Å². The van der Waals surface area contributed by atoms with Crippen LogP contribution in [0.15, 0.2) is 94.7 Å². The molecule has 0 unspecified atom stereocenters. The number of halogens is 1. The van der Waals surface area contributed by atoms with Gasteiger partial charge >= 0.3 is 0 Å². The van der Waals surface area contributed by atoms with Crippen molar-refractivity contribution in [1.29, 1.82) is 0 Å². The quantitative estimate of drug-likeness (QED) is 0.237. The molecule has 0 radical (unpaired) electrons. The molecule has 13 heteroatoms. The number of hydrogen-bond donors (Lipinski definition) is 2. The van der Waals surface area contributed by atoms with E-state index in [9.17, 15) is 26.0 Å². The normalized spacial score (nSPS) is 11.5. The molecule has 0 saturated heterocycles. The molecule has 4 rings (SSSR count). The Morgan fingerprint density at radius 1 is 0.791 bits per heavy atom. The second-order valence-electron chi connectivity index (χ2n) is 9.50. The van der Waals surface area contributed by atoms with E-state index in [0.29, 0.717) is 11.4 Å². The van der Waals surface area contributed by atoms with Crippen molar-refractivity contribution in [2.45, 2.75) is 23.6 Å². The van der Waals surface area contributed by atoms with E-state index in [0.717, 1.165) is 27.6 Å². The van der Waals surface area contributed by atoms with Gasteiger partial charge in [-0.15, -0.1) is 0 Å². The summed E-state index contributed by atoms with van der Waals surface area (Å²) < 4.78 is 80.8. The van der Waals surface area contributed by atoms with E-state index in [4.69, 9.17) is 9.47 Å². The number of anilines is 3. The standard InChI is InChI=1S/C30H30FN3O7S2/c1-20-5-6-21(2)27(17-20)33-42(36,37)25-13-9-23(10-14-25)32-30(35)19-34(24-11-7-22(31)8-12-24)43(38,39)26-15-16-28(40-3)29(18-26)41-4/h5-18,33H,19H2,1-4H3,(H,32,35). The molecule has 0 saturated carbocycles. The van der Waals surface area contributed by atoms with Crippen molar-refractivity contribution in [3.8, 4) is 11.5 Å². The van der Waals surface area contributed by atoms with Crippen LogP contribution in [0.4, 0.5) is 21.5 Å². The highest BCUT2D eigenvalue weighted by Gasteiger charge is 2.28. The minimum atomic E-state index is -4.35. The van der Waals surface area contributed by atoms with Crippen molar-refractivity contribution in [2.75, 3.05) is 35.1 Å². The Labute approximate surface area is 250 Å². The summed E-state index contributed by atoms with van der Waals surface area (Å²) in [5, 5.41) is 2.58. The zero-order valence-electron chi connectivity index (χ0n) is 23.8. The molecule has 43 heavy (non-hydrogen) atoms. The fourth-order valence-corrected chi connectivity index (χ4v) is 6.68. The largest absolute Gasteiger partial charge is 0.493 e. The predicted molar refractivity (Wildman–Crippen MR) is 162 cm³/mol. The number of carbonyl (C=O) groups is 1. The number of carbonyl (C=O) groups excluding carboxylic acids is 1. The average Bonchev–Trinajstić information content (AvgIpc) is 2.98. The van der Waals surface area contributed by atoms with Gasteiger partial charge < -0.3 is 14.8 Å². The van der Waals surface area contributed by atoms with Crippen molar-refractivity contribution in [3.63, 3.8) is 0 Å². The molecule has 0 aliphatic rings. The molecular weight excluding hydrogens is 597 g/mol. The highest BCUT2D eigenvalue weighted by atomic mass is 32.2. The zero-order chi connectivity index (χ0) is 31.4. The number of benzene rings is 4. The molecule has 0 atom stereocenters. The van der Waals surface area contributed by atoms with E-state index >= 15 is 0 Å². The van der Waals surface area contributed by atoms with E-state index in [1.54, 1.807) is 13.0 Å². The summed E-state index contributed by atoms with van der Waals surface area (Å²) in [5.41, 5.74) is 2.38. The van der Waals surface area contributed by atoms with Crippen LogP contribution in [0.1, 0.15) is 11.1 Å². The number of nitrogens with zero attached hydrogens (tertiary/aromatic N) is 1. The minimum Gasteiger partial charge on any atom is -0.493 e. The summed E-state index contributed by atoms with van der Waals surface area (Å²) in [6.45, 7) is 2.97. The van der Waals surface area contributed by atoms with E-state index in [1.165, 1.54) is 68.8 Å². The van der Waals surface area contributed by atoms with Crippen LogP contribution in [-0.2, 0) is 24.8 Å². The first-order valence-electron chi connectivity index (χ1n) is 12.8. The zero-order valence-corrected chi connectivity index (χ0v) is 25.4. The first-order chi connectivity index (χ1) is 20.3. The van der Waals surface area contributed by atoms with Crippen LogP contribution in [0, 0.1) is 19.7 Å². The molecule has 0 heterocycles. The maximum atomic E-state index is 13.7. The van der Waals surface area contributed by atoms with Crippen LogP contribution in [-0.4, -0.2) is 43.5 Å². The Bertz CT molecular complexity index is 1850. The summed E-state index contributed by atoms with van der Waals surface area (Å²) in [6.07, 6.45) is 0. The third-order valence-corrected chi connectivity index (χ3v) is 9.58. The van der Waals surface area contributed by atoms with Gasteiger partial charge in [-0.05, 0) is 91.7 Å². The van der Waals surface area contributed by atoms with Crippen molar-refractivity contribution >= 4 is 43.0 Å². The van der Waals surface area contributed by atoms with E-state index in [1.807, 2.05) is 19.1 Å². The van der Waals surface area contributed by atoms with Crippen molar-refractivity contribution in [3.05, 3.63) is 102 Å². The Balaban J connectivity index is 1.56. The number of methoxy groups -OCH3 is 2. The van der Waals surface area contributed by atoms with Gasteiger partial charge in [0.05, 0.1) is 35.4 Å². The van der Waals surface area contributed by atoms with E-state index in [-0.39, 0.29) is 26.9 Å². The molecule has 4 aromatic rings. The molecule has 10 nitrogen and oxygen atoms in total. The lowest BCUT2D eigenvalue weighted by Gasteiger charge is -2.24. The fraction of sp³-hybridized carbons (Fsp3) is 0.167. The summed E-state index contributed by atoms with van der Waals surface area (Å²) in [4.78, 5) is 12.9. The molecule has 0 aliphatic carbocycles. The van der Waals surface area contributed by atoms with E-state index in [2.05, 4.69) is 10.0 Å². The predicted octanol–water partition coefficient (Wildman–Crippen LogP) is 5.09. The van der Waals surface area contributed by atoms with Gasteiger partial charge in [-0.1, -0.05) is 12.1 Å². The Morgan fingerprint density at radius 2 is 1.42 bits per heavy atom. The average molecular weight is 628 g/mol. The smallest absolute Gasteiger partial charge is 0.264 e. The molecule has 226 valence electrons. The SMILES string of the molecule is COc1ccc(S(=O)(=O)N(CC(=O)Nc2ccc(S(=O)(=O)Nc3cc(C)ccc3C)cc2)c2ccc(F)cc2)cc1OC. The summed E-state index contributed by atoms with van der Waals surface area (Å²) in [6, 6.07) is 19.4. The summed E-state index contributed by atoms with van der Waals surface area (Å²) >= 11 is 0. The lowest BCUT2D eigenvalue weighted by molar-refractivity contribution is -0.114. The first-order valence-corrected chi connectivity index (χ1v) is 15.8. The van der Waals surface area contributed by atoms with E-state index < -0.39 is 38.3 Å². The maximum absolute atomic E-state index is 13.7. The van der Waals surface area contributed by atoms with Gasteiger partial charge in [-0.25, -0.2) is 21.2 Å². The lowest BCUT2D eigenvalue weighted by atomic mass is 10.1. The highest BCUT2D eigenvalue weighted by molar-refractivity contribution is 7.93. The third kappa shape index (κ3) is 7.24. The lowest BCUT2D eigenvalue weighted by Crippen LogP contribution is -2.38. The number of amides is 1. The molecule has 2 N–H and O–H groups in total. The second-order valence-corrected chi connectivity index (χ2v) is 13.0. The molecule has 1 amide bonds. The topological polar surface area (TPSA) is 131 Å². The molecular formula is C30H30FN3O7S2. The van der Waals surface area contributed by atoms with Crippen LogP contribution in [0.2, 0.25) is 0 Å². The molecule has 0 aliphatic heterocycles. The van der Waals surface area contributed by atoms with Crippen LogP contribution in [0.3, 0.4) is 0 Å². The summed E-state index contributed by atoms with van der Waals surface area (Å²) in [5.74, 6) is -0.840. The van der Waals surface area contributed by atoms with Crippen molar-refractivity contribution < 1.29 is 35.5 Å². The second kappa shape index (κ2) is 12.7. The molecule has 0 aromatic heterocycles. The van der Waals surface area contributed by atoms with Crippen molar-refractivity contribution in [2.24, 2.45) is 0 Å². The number of hydrogen-bond acceptors (Lipinski definition) is 7. The summed E-state index contributed by atoms with van der Waals surface area (Å²) in [7, 11) is -5.50. The fourth-order valence-electron chi connectivity index (χ4n) is 4.12. The number of sulfonamides is 2. The van der Waals surface area contributed by atoms with Crippen LogP contribution in [0.5, 0.6) is 11.5 Å². The monoisotopic (exact) mass is 627 g/mol. The van der Waals surface area contributed by atoms with Crippen molar-refractivity contribution in [1.82, 2.24) is 0 Å². The molecule has 0 spiro atoms. The minimum absolute atomic E-state index is 0.0321. The third-order valence-electron chi connectivity index (χ3n) is 6.43. The van der Waals surface area contributed by atoms with Crippen LogP contribution < -0.4 is 23.8 Å². The van der Waals surface area contributed by atoms with Crippen LogP contribution in [0.25, 0.3) is 0 Å². The van der Waals surface area contributed by atoms with Gasteiger partial charge in [0.2, 0.25) is 5.91 Å². The van der Waals surface area contributed by atoms with Gasteiger partial charge in [0, 0.05) is 11.8 Å². The van der Waals surface area contributed by atoms with Crippen LogP contribution >= 0.6 is 0 Å². The Kier molecular flexibility index (Phi) is 9.26. The van der Waals surface area contributed by atoms with Gasteiger partial charge in [-0.2, -0.15) is 0 Å². The van der Waals surface area contributed by atoms with Gasteiger partial charge in [0.1, 0.15) is 12.4 Å². The number of nitrogens with one attached hydrogen (secondary N) is 2. The number of rotatable bonds is 11. The Morgan fingerprint density at radius 3 is 2.05 bits per heavy atom. The molecule has 0 fully saturated rings. The first kappa shape index (κ1) is 31.3. The van der Waals surface area contributed by atoms with Gasteiger partial charge in [0.25, 0.3) is 20.0 Å².